The summed E-state index contributed by atoms with van der Waals surface area (Å²) in [4.78, 5) is 24.9. The molecule has 1 spiro atoms. The number of rotatable bonds is 3. The Morgan fingerprint density at radius 3 is 2.71 bits per heavy atom. The molecule has 3 unspecified atom stereocenters. The lowest BCUT2D eigenvalue weighted by Gasteiger charge is -2.15. The van der Waals surface area contributed by atoms with Crippen LogP contribution in [0.3, 0.4) is 0 Å². The molecule has 0 saturated heterocycles. The monoisotopic (exact) mass is 325 g/mol. The summed E-state index contributed by atoms with van der Waals surface area (Å²) in [6.07, 6.45) is -0.0272. The minimum atomic E-state index is -0.782. The van der Waals surface area contributed by atoms with E-state index in [0.29, 0.717) is 6.42 Å². The summed E-state index contributed by atoms with van der Waals surface area (Å²) >= 11 is 0. The Balaban J connectivity index is 1.51. The molecule has 0 radical (unpaired) electrons. The van der Waals surface area contributed by atoms with Gasteiger partial charge < -0.3 is 10.1 Å². The van der Waals surface area contributed by atoms with Crippen LogP contribution in [0, 0.1) is 11.7 Å². The number of ether oxygens (including phenoxy) is 1. The molecule has 2 aliphatic rings. The molecule has 0 aromatic heterocycles. The first kappa shape index (κ1) is 14.9. The maximum Gasteiger partial charge on any atom is 0.311 e. The van der Waals surface area contributed by atoms with Crippen molar-refractivity contribution in [3.8, 4) is 0 Å². The minimum absolute atomic E-state index is 0.139. The lowest BCUT2D eigenvalue weighted by Crippen LogP contribution is -2.25. The topological polar surface area (TPSA) is 55.4 Å². The highest BCUT2D eigenvalue weighted by Crippen LogP contribution is 2.60. The molecular weight excluding hydrogens is 309 g/mol. The van der Waals surface area contributed by atoms with E-state index in [1.165, 1.54) is 12.1 Å². The van der Waals surface area contributed by atoms with Crippen molar-refractivity contribution in [2.24, 2.45) is 5.92 Å². The van der Waals surface area contributed by atoms with E-state index in [1.807, 2.05) is 24.3 Å². The Hall–Kier alpha value is -2.69. The van der Waals surface area contributed by atoms with Gasteiger partial charge in [-0.05, 0) is 42.7 Å². The molecule has 2 aromatic carbocycles. The number of fused-ring (bicyclic) bond motifs is 2. The van der Waals surface area contributed by atoms with Crippen LogP contribution in [0.1, 0.15) is 30.6 Å². The van der Waals surface area contributed by atoms with Gasteiger partial charge in [0.1, 0.15) is 11.9 Å². The summed E-state index contributed by atoms with van der Waals surface area (Å²) in [6.45, 7) is 1.74. The second-order valence-electron chi connectivity index (χ2n) is 6.36. The Kier molecular flexibility index (Phi) is 3.20. The van der Waals surface area contributed by atoms with Gasteiger partial charge >= 0.3 is 5.97 Å². The largest absolute Gasteiger partial charge is 0.458 e. The van der Waals surface area contributed by atoms with Gasteiger partial charge in [-0.2, -0.15) is 0 Å². The van der Waals surface area contributed by atoms with Crippen LogP contribution in [-0.4, -0.2) is 11.9 Å². The predicted octanol–water partition coefficient (Wildman–Crippen LogP) is 3.34. The second kappa shape index (κ2) is 5.16. The number of benzene rings is 2. The van der Waals surface area contributed by atoms with E-state index in [2.05, 4.69) is 5.32 Å². The molecule has 5 heteroatoms. The highest BCUT2D eigenvalue weighted by atomic mass is 19.1. The SMILES string of the molecule is CC(OC(=O)C1CC12C(=O)Nc1ccccc12)c1ccc(F)cc1. The van der Waals surface area contributed by atoms with Gasteiger partial charge in [0.2, 0.25) is 5.91 Å². The molecule has 4 rings (SSSR count). The molecule has 122 valence electrons. The molecule has 24 heavy (non-hydrogen) atoms. The van der Waals surface area contributed by atoms with E-state index >= 15 is 0 Å². The lowest BCUT2D eigenvalue weighted by molar-refractivity contribution is -0.151. The van der Waals surface area contributed by atoms with Crippen LogP contribution < -0.4 is 5.32 Å². The molecule has 1 saturated carbocycles. The van der Waals surface area contributed by atoms with Gasteiger partial charge in [0.15, 0.2) is 0 Å². The zero-order valence-corrected chi connectivity index (χ0v) is 13.1. The summed E-state index contributed by atoms with van der Waals surface area (Å²) in [6, 6.07) is 13.3. The molecule has 1 N–H and O–H groups in total. The van der Waals surface area contributed by atoms with Crippen LogP contribution in [0.2, 0.25) is 0 Å². The number of esters is 1. The number of para-hydroxylation sites is 1. The van der Waals surface area contributed by atoms with Gasteiger partial charge in [0.05, 0.1) is 11.3 Å². The van der Waals surface area contributed by atoms with E-state index in [9.17, 15) is 14.0 Å². The summed E-state index contributed by atoms with van der Waals surface area (Å²) in [5.41, 5.74) is 1.57. The Morgan fingerprint density at radius 1 is 1.25 bits per heavy atom. The van der Waals surface area contributed by atoms with E-state index in [1.54, 1.807) is 19.1 Å². The second-order valence-corrected chi connectivity index (χ2v) is 6.36. The van der Waals surface area contributed by atoms with Gasteiger partial charge in [-0.3, -0.25) is 9.59 Å². The summed E-state index contributed by atoms with van der Waals surface area (Å²) in [5, 5.41) is 2.84. The first-order valence-electron chi connectivity index (χ1n) is 7.89. The summed E-state index contributed by atoms with van der Waals surface area (Å²) in [5.74, 6) is -1.33. The van der Waals surface area contributed by atoms with Gasteiger partial charge in [-0.1, -0.05) is 30.3 Å². The van der Waals surface area contributed by atoms with Crippen molar-refractivity contribution >= 4 is 17.6 Å². The zero-order valence-electron chi connectivity index (χ0n) is 13.1. The lowest BCUT2D eigenvalue weighted by atomic mass is 9.95. The maximum atomic E-state index is 13.0. The van der Waals surface area contributed by atoms with Crippen LogP contribution in [0.4, 0.5) is 10.1 Å². The van der Waals surface area contributed by atoms with E-state index in [-0.39, 0.29) is 11.7 Å². The van der Waals surface area contributed by atoms with Crippen molar-refractivity contribution in [2.45, 2.75) is 24.9 Å². The molecule has 1 aliphatic carbocycles. The smallest absolute Gasteiger partial charge is 0.311 e. The number of carbonyl (C=O) groups is 2. The van der Waals surface area contributed by atoms with Gasteiger partial charge in [-0.25, -0.2) is 4.39 Å². The highest BCUT2D eigenvalue weighted by molar-refractivity contribution is 6.12. The van der Waals surface area contributed by atoms with E-state index in [4.69, 9.17) is 4.74 Å². The Bertz CT molecular complexity index is 833. The number of hydrogen-bond donors (Lipinski definition) is 1. The minimum Gasteiger partial charge on any atom is -0.458 e. The van der Waals surface area contributed by atoms with Gasteiger partial charge in [0, 0.05) is 5.69 Å². The molecule has 1 fully saturated rings. The quantitative estimate of drug-likeness (QED) is 0.881. The molecule has 2 aromatic rings. The number of hydrogen-bond acceptors (Lipinski definition) is 3. The van der Waals surface area contributed by atoms with Gasteiger partial charge in [0.25, 0.3) is 0 Å². The third kappa shape index (κ3) is 2.12. The Labute approximate surface area is 138 Å². The number of anilines is 1. The number of halogens is 1. The van der Waals surface area contributed by atoms with Crippen LogP contribution in [-0.2, 0) is 19.7 Å². The average Bonchev–Trinajstić information content (AvgIpc) is 3.26. The van der Waals surface area contributed by atoms with Crippen molar-refractivity contribution in [3.63, 3.8) is 0 Å². The highest BCUT2D eigenvalue weighted by Gasteiger charge is 2.68. The predicted molar refractivity (Wildman–Crippen MR) is 85.8 cm³/mol. The molecule has 3 atom stereocenters. The van der Waals surface area contributed by atoms with E-state index in [0.717, 1.165) is 16.8 Å². The number of amides is 1. The Morgan fingerprint density at radius 2 is 1.96 bits per heavy atom. The van der Waals surface area contributed by atoms with Crippen LogP contribution in [0.5, 0.6) is 0 Å². The van der Waals surface area contributed by atoms with Crippen LogP contribution in [0.15, 0.2) is 48.5 Å². The normalized spacial score (nSPS) is 25.1. The van der Waals surface area contributed by atoms with Crippen molar-refractivity contribution in [2.75, 3.05) is 5.32 Å². The van der Waals surface area contributed by atoms with Crippen molar-refractivity contribution < 1.29 is 18.7 Å². The fraction of sp³-hybridized carbons (Fsp3) is 0.263. The van der Waals surface area contributed by atoms with Crippen molar-refractivity contribution in [1.29, 1.82) is 0 Å². The van der Waals surface area contributed by atoms with E-state index < -0.39 is 23.4 Å². The molecule has 1 aliphatic heterocycles. The maximum absolute atomic E-state index is 13.0. The standard InChI is InChI=1S/C19H16FNO3/c1-11(12-6-8-13(20)9-7-12)24-17(22)15-10-19(15)14-4-2-3-5-16(14)21-18(19)23/h2-9,11,15H,10H2,1H3,(H,21,23). The first-order chi connectivity index (χ1) is 11.5. The molecule has 4 nitrogen and oxygen atoms in total. The molecule has 1 heterocycles. The molecule has 1 amide bonds. The van der Waals surface area contributed by atoms with Crippen molar-refractivity contribution in [1.82, 2.24) is 0 Å². The molecular formula is C19H16FNO3. The zero-order chi connectivity index (χ0) is 16.9. The van der Waals surface area contributed by atoms with Crippen LogP contribution in [0.25, 0.3) is 0 Å². The number of nitrogens with one attached hydrogen (secondary N) is 1. The van der Waals surface area contributed by atoms with Crippen LogP contribution >= 0.6 is 0 Å². The summed E-state index contributed by atoms with van der Waals surface area (Å²) < 4.78 is 18.5. The average molecular weight is 325 g/mol. The summed E-state index contributed by atoms with van der Waals surface area (Å²) in [7, 11) is 0. The van der Waals surface area contributed by atoms with Gasteiger partial charge in [-0.15, -0.1) is 0 Å². The molecule has 0 bridgehead atoms. The fourth-order valence-corrected chi connectivity index (χ4v) is 3.49. The number of carbonyl (C=O) groups excluding carboxylic acids is 2. The van der Waals surface area contributed by atoms with Crippen molar-refractivity contribution in [3.05, 3.63) is 65.5 Å². The first-order valence-corrected chi connectivity index (χ1v) is 7.89. The fourth-order valence-electron chi connectivity index (χ4n) is 3.49. The third-order valence-corrected chi connectivity index (χ3v) is 4.94. The third-order valence-electron chi connectivity index (χ3n) is 4.94.